The van der Waals surface area contributed by atoms with Crippen molar-refractivity contribution in [1.82, 2.24) is 9.97 Å². The van der Waals surface area contributed by atoms with Crippen molar-refractivity contribution in [2.75, 3.05) is 0 Å². The van der Waals surface area contributed by atoms with Gasteiger partial charge in [-0.2, -0.15) is 0 Å². The lowest BCUT2D eigenvalue weighted by Gasteiger charge is -1.94. The minimum Gasteiger partial charge on any atom is -0.345 e. The highest BCUT2D eigenvalue weighted by Gasteiger charge is 2.01. The predicted molar refractivity (Wildman–Crippen MR) is 61.8 cm³/mol. The smallest absolute Gasteiger partial charge is 0.138 e. The van der Waals surface area contributed by atoms with Gasteiger partial charge in [-0.25, -0.2) is 4.98 Å². The predicted octanol–water partition coefficient (Wildman–Crippen LogP) is 3.80. The summed E-state index contributed by atoms with van der Waals surface area (Å²) in [7, 11) is 0. The Hall–Kier alpha value is -1.02. The average Bonchev–Trinajstić information content (AvgIpc) is 2.63. The molecule has 0 aromatic carbocycles. The molecule has 0 bridgehead atoms. The largest absolute Gasteiger partial charge is 0.345 e. The van der Waals surface area contributed by atoms with Crippen LogP contribution in [0.25, 0.3) is 11.0 Å². The molecule has 2 heterocycles. The van der Waals surface area contributed by atoms with Crippen LogP contribution in [0.5, 0.6) is 0 Å². The van der Waals surface area contributed by atoms with Crippen LogP contribution in [0.1, 0.15) is 26.3 Å². The zero-order chi connectivity index (χ0) is 10.6. The van der Waals surface area contributed by atoms with Crippen LogP contribution in [0.4, 0.5) is 0 Å². The van der Waals surface area contributed by atoms with Crippen molar-refractivity contribution in [3.05, 3.63) is 29.0 Å². The van der Waals surface area contributed by atoms with Crippen LogP contribution in [0, 0.1) is 0 Å². The molecule has 0 aliphatic rings. The van der Waals surface area contributed by atoms with E-state index in [2.05, 4.69) is 23.0 Å². The van der Waals surface area contributed by atoms with E-state index in [1.54, 1.807) is 6.20 Å². The zero-order valence-corrected chi connectivity index (χ0v) is 9.52. The quantitative estimate of drug-likeness (QED) is 0.762. The second-order valence-electron chi connectivity index (χ2n) is 2.73. The van der Waals surface area contributed by atoms with Crippen molar-refractivity contribution >= 4 is 22.6 Å². The molecule has 0 fully saturated rings. The molecule has 0 aliphatic carbocycles. The lowest BCUT2D eigenvalue weighted by molar-refractivity contribution is 1.12. The second-order valence-corrected chi connectivity index (χ2v) is 3.14. The van der Waals surface area contributed by atoms with Gasteiger partial charge in [-0.1, -0.05) is 32.4 Å². The molecule has 1 N–H and O–H groups in total. The molecule has 0 spiro atoms. The molecule has 0 amide bonds. The average molecular weight is 211 g/mol. The molecular weight excluding hydrogens is 196 g/mol. The number of fused-ring (bicyclic) bond motifs is 1. The number of aryl methyl sites for hydroxylation is 1. The van der Waals surface area contributed by atoms with Gasteiger partial charge in [-0.15, -0.1) is 0 Å². The fourth-order valence-corrected chi connectivity index (χ4v) is 1.41. The maximum absolute atomic E-state index is 5.93. The number of halogens is 1. The lowest BCUT2D eigenvalue weighted by atomic mass is 10.2. The van der Waals surface area contributed by atoms with Gasteiger partial charge >= 0.3 is 0 Å². The molecule has 2 nitrogen and oxygen atoms in total. The van der Waals surface area contributed by atoms with Crippen LogP contribution in [-0.2, 0) is 6.42 Å². The van der Waals surface area contributed by atoms with Crippen LogP contribution in [0.2, 0.25) is 5.02 Å². The summed E-state index contributed by atoms with van der Waals surface area (Å²) in [6.45, 7) is 6.10. The molecule has 0 atom stereocenters. The van der Waals surface area contributed by atoms with Crippen molar-refractivity contribution in [2.45, 2.75) is 27.2 Å². The SMILES string of the molecule is CC.CCc1cnc2[nH]cc(Cl)c2c1. The van der Waals surface area contributed by atoms with Crippen LogP contribution in [0.15, 0.2) is 18.5 Å². The highest BCUT2D eigenvalue weighted by atomic mass is 35.5. The monoisotopic (exact) mass is 210 g/mol. The number of aromatic amines is 1. The highest BCUT2D eigenvalue weighted by molar-refractivity contribution is 6.35. The molecule has 2 aromatic heterocycles. The van der Waals surface area contributed by atoms with Crippen molar-refractivity contribution in [1.29, 1.82) is 0 Å². The van der Waals surface area contributed by atoms with Gasteiger partial charge in [-0.3, -0.25) is 0 Å². The number of hydrogen-bond donors (Lipinski definition) is 1. The lowest BCUT2D eigenvalue weighted by Crippen LogP contribution is -1.82. The van der Waals surface area contributed by atoms with Gasteiger partial charge in [-0.05, 0) is 18.1 Å². The highest BCUT2D eigenvalue weighted by Crippen LogP contribution is 2.21. The van der Waals surface area contributed by atoms with E-state index in [4.69, 9.17) is 11.6 Å². The third kappa shape index (κ3) is 2.07. The molecule has 2 aromatic rings. The van der Waals surface area contributed by atoms with Gasteiger partial charge in [0.1, 0.15) is 5.65 Å². The van der Waals surface area contributed by atoms with Gasteiger partial charge in [0.15, 0.2) is 0 Å². The van der Waals surface area contributed by atoms with Crippen molar-refractivity contribution in [3.63, 3.8) is 0 Å². The summed E-state index contributed by atoms with van der Waals surface area (Å²) in [6, 6.07) is 2.07. The minimum absolute atomic E-state index is 0.743. The fraction of sp³-hybridized carbons (Fsp3) is 0.364. The third-order valence-corrected chi connectivity index (χ3v) is 2.26. The third-order valence-electron chi connectivity index (χ3n) is 1.95. The van der Waals surface area contributed by atoms with Gasteiger partial charge in [0.05, 0.1) is 5.02 Å². The Bertz CT molecular complexity index is 407. The Morgan fingerprint density at radius 1 is 1.43 bits per heavy atom. The molecule has 76 valence electrons. The van der Waals surface area contributed by atoms with E-state index in [9.17, 15) is 0 Å². The molecule has 2 rings (SSSR count). The first-order chi connectivity index (χ1) is 6.81. The normalized spacial score (nSPS) is 9.71. The summed E-state index contributed by atoms with van der Waals surface area (Å²) in [4.78, 5) is 7.23. The van der Waals surface area contributed by atoms with E-state index >= 15 is 0 Å². The first-order valence-electron chi connectivity index (χ1n) is 4.92. The summed E-state index contributed by atoms with van der Waals surface area (Å²) in [5.74, 6) is 0. The minimum atomic E-state index is 0.743. The summed E-state index contributed by atoms with van der Waals surface area (Å²) in [6.07, 6.45) is 4.62. The topological polar surface area (TPSA) is 28.7 Å². The molecule has 0 aliphatic heterocycles. The van der Waals surface area contributed by atoms with Crippen molar-refractivity contribution < 1.29 is 0 Å². The number of nitrogens with zero attached hydrogens (tertiary/aromatic N) is 1. The number of H-pyrrole nitrogens is 1. The molecular formula is C11H15ClN2. The number of aromatic nitrogens is 2. The summed E-state index contributed by atoms with van der Waals surface area (Å²) < 4.78 is 0. The van der Waals surface area contributed by atoms with Gasteiger partial charge in [0.2, 0.25) is 0 Å². The molecule has 14 heavy (non-hydrogen) atoms. The number of rotatable bonds is 1. The maximum Gasteiger partial charge on any atom is 0.138 e. The molecule has 0 saturated heterocycles. The van der Waals surface area contributed by atoms with E-state index in [0.29, 0.717) is 0 Å². The summed E-state index contributed by atoms with van der Waals surface area (Å²) >= 11 is 5.93. The van der Waals surface area contributed by atoms with E-state index < -0.39 is 0 Å². The Labute approximate surface area is 89.3 Å². The first-order valence-corrected chi connectivity index (χ1v) is 5.30. The number of pyridine rings is 1. The van der Waals surface area contributed by atoms with E-state index in [-0.39, 0.29) is 0 Å². The van der Waals surface area contributed by atoms with Crippen molar-refractivity contribution in [2.24, 2.45) is 0 Å². The van der Waals surface area contributed by atoms with Gasteiger partial charge in [0.25, 0.3) is 0 Å². The number of nitrogens with one attached hydrogen (secondary N) is 1. The fourth-order valence-electron chi connectivity index (χ4n) is 1.21. The van der Waals surface area contributed by atoms with Gasteiger partial charge < -0.3 is 4.98 Å². The van der Waals surface area contributed by atoms with E-state index in [1.165, 1.54) is 5.56 Å². The Morgan fingerprint density at radius 2 is 2.14 bits per heavy atom. The Morgan fingerprint density at radius 3 is 2.79 bits per heavy atom. The Kier molecular flexibility index (Phi) is 3.96. The van der Waals surface area contributed by atoms with Crippen LogP contribution >= 0.6 is 11.6 Å². The maximum atomic E-state index is 5.93. The molecule has 0 radical (unpaired) electrons. The first kappa shape index (κ1) is 11.1. The zero-order valence-electron chi connectivity index (χ0n) is 8.76. The van der Waals surface area contributed by atoms with E-state index in [0.717, 1.165) is 22.5 Å². The van der Waals surface area contributed by atoms with Crippen molar-refractivity contribution in [3.8, 4) is 0 Å². The standard InChI is InChI=1S/C9H9ClN2.C2H6/c1-2-6-3-7-8(10)5-12-9(7)11-4-6;1-2/h3-5H,2H2,1H3,(H,11,12);1-2H3. The molecule has 3 heteroatoms. The second kappa shape index (κ2) is 5.01. The van der Waals surface area contributed by atoms with Crippen LogP contribution < -0.4 is 0 Å². The Balaban J connectivity index is 0.000000461. The van der Waals surface area contributed by atoms with E-state index in [1.807, 2.05) is 20.0 Å². The summed E-state index contributed by atoms with van der Waals surface area (Å²) in [5.41, 5.74) is 2.07. The van der Waals surface area contributed by atoms with Gasteiger partial charge in [0, 0.05) is 17.8 Å². The van der Waals surface area contributed by atoms with Crippen LogP contribution in [0.3, 0.4) is 0 Å². The summed E-state index contributed by atoms with van der Waals surface area (Å²) in [5, 5.41) is 1.75. The van der Waals surface area contributed by atoms with Crippen LogP contribution in [-0.4, -0.2) is 9.97 Å². The molecule has 0 saturated carbocycles. The number of hydrogen-bond acceptors (Lipinski definition) is 1. The molecule has 0 unspecified atom stereocenters.